The molecular weight excluding hydrogens is 446 g/mol. The highest BCUT2D eigenvalue weighted by molar-refractivity contribution is 9.10. The molecule has 1 atom stereocenters. The predicted molar refractivity (Wildman–Crippen MR) is 104 cm³/mol. The maximum absolute atomic E-state index is 14.5. The van der Waals surface area contributed by atoms with Crippen molar-refractivity contribution in [1.29, 1.82) is 0 Å². The molecule has 0 spiro atoms. The van der Waals surface area contributed by atoms with E-state index in [0.29, 0.717) is 12.2 Å². The lowest BCUT2D eigenvalue weighted by Gasteiger charge is -2.32. The van der Waals surface area contributed by atoms with Crippen LogP contribution in [0.3, 0.4) is 0 Å². The molecule has 1 aromatic carbocycles. The van der Waals surface area contributed by atoms with Crippen LogP contribution in [0.1, 0.15) is 12.5 Å². The second-order valence-electron chi connectivity index (χ2n) is 6.14. The quantitative estimate of drug-likeness (QED) is 0.612. The fourth-order valence-electron chi connectivity index (χ4n) is 3.32. The van der Waals surface area contributed by atoms with Gasteiger partial charge in [-0.05, 0) is 37.2 Å². The summed E-state index contributed by atoms with van der Waals surface area (Å²) in [4.78, 5) is 21.2. The first-order valence-corrected chi connectivity index (χ1v) is 8.77. The first-order chi connectivity index (χ1) is 12.4. The van der Waals surface area contributed by atoms with Crippen LogP contribution in [0, 0.1) is 0 Å². The Hall–Kier alpha value is -2.04. The van der Waals surface area contributed by atoms with Gasteiger partial charge in [0.2, 0.25) is 0 Å². The molecule has 0 aliphatic carbocycles. The van der Waals surface area contributed by atoms with E-state index in [0.717, 1.165) is 9.04 Å². The Morgan fingerprint density at radius 1 is 1.26 bits per heavy atom. The van der Waals surface area contributed by atoms with Crippen LogP contribution in [-0.2, 0) is 0 Å². The number of nitrogens with two attached hydrogens (primary N) is 1. The lowest BCUT2D eigenvalue weighted by Crippen LogP contribution is -2.49. The van der Waals surface area contributed by atoms with E-state index in [1.807, 2.05) is 0 Å². The molecule has 1 aliphatic heterocycles. The standard InChI is InChI=1S/C16H15BrF2N6O.ClH/c17-9-1-3-10(4-2-9)24-12-13(20)22-8-23-14(12)25(15(24)26)11-5-6-21-7-16(11,18)19;/h1-4,8,11,21H,5-7H2,(H2,20,22,23);1H/t11-;/m1./s1. The molecule has 7 nitrogen and oxygen atoms in total. The van der Waals surface area contributed by atoms with E-state index in [-0.39, 0.29) is 35.8 Å². The van der Waals surface area contributed by atoms with Crippen molar-refractivity contribution in [2.24, 2.45) is 0 Å². The van der Waals surface area contributed by atoms with Gasteiger partial charge < -0.3 is 11.1 Å². The lowest BCUT2D eigenvalue weighted by atomic mass is 10.0. The number of hydrogen-bond donors (Lipinski definition) is 2. The Bertz CT molecular complexity index is 1040. The van der Waals surface area contributed by atoms with Crippen LogP contribution in [-0.4, -0.2) is 38.1 Å². The van der Waals surface area contributed by atoms with Gasteiger partial charge in [-0.25, -0.2) is 23.5 Å². The second-order valence-corrected chi connectivity index (χ2v) is 7.05. The molecule has 0 saturated carbocycles. The van der Waals surface area contributed by atoms with Crippen LogP contribution in [0.2, 0.25) is 0 Å². The van der Waals surface area contributed by atoms with Crippen LogP contribution >= 0.6 is 28.3 Å². The lowest BCUT2D eigenvalue weighted by molar-refractivity contribution is -0.0658. The number of halogens is 4. The third kappa shape index (κ3) is 3.21. The molecule has 0 unspecified atom stereocenters. The molecule has 3 N–H and O–H groups in total. The number of aromatic nitrogens is 4. The van der Waals surface area contributed by atoms with Gasteiger partial charge in [-0.15, -0.1) is 12.4 Å². The molecule has 3 heterocycles. The van der Waals surface area contributed by atoms with E-state index in [4.69, 9.17) is 5.73 Å². The molecule has 3 aromatic rings. The summed E-state index contributed by atoms with van der Waals surface area (Å²) in [6.45, 7) is -0.103. The van der Waals surface area contributed by atoms with E-state index < -0.39 is 24.2 Å². The van der Waals surface area contributed by atoms with Crippen molar-refractivity contribution >= 4 is 45.3 Å². The van der Waals surface area contributed by atoms with Crippen LogP contribution in [0.15, 0.2) is 39.9 Å². The molecule has 0 amide bonds. The van der Waals surface area contributed by atoms with Crippen molar-refractivity contribution in [3.63, 3.8) is 0 Å². The van der Waals surface area contributed by atoms with E-state index >= 15 is 0 Å². The molecule has 144 valence electrons. The summed E-state index contributed by atoms with van der Waals surface area (Å²) in [6.07, 6.45) is 1.29. The molecule has 0 bridgehead atoms. The average molecular weight is 462 g/mol. The van der Waals surface area contributed by atoms with Gasteiger partial charge in [0.1, 0.15) is 17.9 Å². The van der Waals surface area contributed by atoms with Crippen molar-refractivity contribution in [1.82, 2.24) is 24.4 Å². The highest BCUT2D eigenvalue weighted by Gasteiger charge is 2.45. The van der Waals surface area contributed by atoms with Crippen molar-refractivity contribution in [3.05, 3.63) is 45.5 Å². The monoisotopic (exact) mass is 460 g/mol. The molecule has 1 aliphatic rings. The zero-order chi connectivity index (χ0) is 18.5. The SMILES string of the molecule is Cl.Nc1ncnc2c1n(-c1ccc(Br)cc1)c(=O)n2[C@@H]1CCNCC1(F)F. The largest absolute Gasteiger partial charge is 0.382 e. The molecule has 1 saturated heterocycles. The maximum atomic E-state index is 14.5. The molecular formula is C16H16BrClF2N6O. The number of benzene rings is 1. The average Bonchev–Trinajstić information content (AvgIpc) is 2.89. The van der Waals surface area contributed by atoms with Gasteiger partial charge in [0, 0.05) is 4.47 Å². The van der Waals surface area contributed by atoms with Crippen LogP contribution < -0.4 is 16.7 Å². The van der Waals surface area contributed by atoms with Crippen molar-refractivity contribution < 1.29 is 8.78 Å². The minimum absolute atomic E-state index is 0. The van der Waals surface area contributed by atoms with E-state index in [9.17, 15) is 13.6 Å². The first-order valence-electron chi connectivity index (χ1n) is 7.98. The summed E-state index contributed by atoms with van der Waals surface area (Å²) < 4.78 is 32.2. The molecule has 27 heavy (non-hydrogen) atoms. The molecule has 0 radical (unpaired) electrons. The smallest absolute Gasteiger partial charge is 0.335 e. The van der Waals surface area contributed by atoms with Crippen molar-refractivity contribution in [2.45, 2.75) is 18.4 Å². The van der Waals surface area contributed by atoms with Crippen LogP contribution in [0.5, 0.6) is 0 Å². The summed E-state index contributed by atoms with van der Waals surface area (Å²) in [6, 6.07) is 5.60. The third-order valence-electron chi connectivity index (χ3n) is 4.52. The van der Waals surface area contributed by atoms with Gasteiger partial charge in [-0.2, -0.15) is 0 Å². The third-order valence-corrected chi connectivity index (χ3v) is 5.05. The summed E-state index contributed by atoms with van der Waals surface area (Å²) in [7, 11) is 0. The van der Waals surface area contributed by atoms with E-state index in [1.54, 1.807) is 24.3 Å². The van der Waals surface area contributed by atoms with Gasteiger partial charge in [0.05, 0.1) is 12.2 Å². The van der Waals surface area contributed by atoms with Gasteiger partial charge in [0.15, 0.2) is 11.5 Å². The Balaban J connectivity index is 0.00000210. The Labute approximate surface area is 167 Å². The summed E-state index contributed by atoms with van der Waals surface area (Å²) >= 11 is 3.34. The number of nitrogen functional groups attached to an aromatic ring is 1. The topological polar surface area (TPSA) is 90.8 Å². The van der Waals surface area contributed by atoms with Crippen LogP contribution in [0.25, 0.3) is 16.9 Å². The maximum Gasteiger partial charge on any atom is 0.335 e. The van der Waals surface area contributed by atoms with Crippen molar-refractivity contribution in [3.8, 4) is 5.69 Å². The molecule has 1 fully saturated rings. The normalized spacial score (nSPS) is 19.0. The Kier molecular flexibility index (Phi) is 5.24. The van der Waals surface area contributed by atoms with E-state index in [2.05, 4.69) is 31.2 Å². The number of fused-ring (bicyclic) bond motifs is 1. The number of piperidine rings is 1. The minimum atomic E-state index is -3.08. The number of nitrogens with one attached hydrogen (secondary N) is 1. The predicted octanol–water partition coefficient (Wildman–Crippen LogP) is 2.52. The van der Waals surface area contributed by atoms with Gasteiger partial charge in [-0.1, -0.05) is 15.9 Å². The zero-order valence-corrected chi connectivity index (χ0v) is 16.3. The van der Waals surface area contributed by atoms with Crippen LogP contribution in [0.4, 0.5) is 14.6 Å². The number of rotatable bonds is 2. The Morgan fingerprint density at radius 3 is 2.63 bits per heavy atom. The first kappa shape index (κ1) is 19.7. The van der Waals surface area contributed by atoms with Gasteiger partial charge in [0.25, 0.3) is 5.92 Å². The fraction of sp³-hybridized carbons (Fsp3) is 0.312. The molecule has 11 heteroatoms. The number of alkyl halides is 2. The van der Waals surface area contributed by atoms with Gasteiger partial charge >= 0.3 is 5.69 Å². The zero-order valence-electron chi connectivity index (χ0n) is 13.9. The molecule has 2 aromatic heterocycles. The van der Waals surface area contributed by atoms with E-state index in [1.165, 1.54) is 10.9 Å². The summed E-state index contributed by atoms with van der Waals surface area (Å²) in [5.74, 6) is -3.02. The Morgan fingerprint density at radius 2 is 1.96 bits per heavy atom. The second kappa shape index (κ2) is 7.17. The van der Waals surface area contributed by atoms with Crippen molar-refractivity contribution in [2.75, 3.05) is 18.8 Å². The number of hydrogen-bond acceptors (Lipinski definition) is 5. The highest BCUT2D eigenvalue weighted by atomic mass is 79.9. The fourth-order valence-corrected chi connectivity index (χ4v) is 3.58. The highest BCUT2D eigenvalue weighted by Crippen LogP contribution is 2.35. The number of imidazole rings is 1. The van der Waals surface area contributed by atoms with Gasteiger partial charge in [-0.3, -0.25) is 9.13 Å². The number of anilines is 1. The molecule has 4 rings (SSSR count). The number of nitrogens with zero attached hydrogens (tertiary/aromatic N) is 4. The summed E-state index contributed by atoms with van der Waals surface area (Å²) in [5.41, 5.74) is 6.20. The minimum Gasteiger partial charge on any atom is -0.382 e. The summed E-state index contributed by atoms with van der Waals surface area (Å²) in [5, 5.41) is 2.66.